The van der Waals surface area contributed by atoms with E-state index >= 15 is 0 Å². The van der Waals surface area contributed by atoms with Gasteiger partial charge in [-0.1, -0.05) is 0 Å². The van der Waals surface area contributed by atoms with Crippen LogP contribution >= 0.6 is 11.6 Å². The van der Waals surface area contributed by atoms with Crippen molar-refractivity contribution in [3.8, 4) is 0 Å². The number of alkyl halides is 3. The van der Waals surface area contributed by atoms with Crippen LogP contribution in [-0.2, 0) is 17.2 Å². The molecular formula is C9H9ClF3N3O2S. The SMILES string of the molecule is O=[S@]1CCc2nc(Cl)nc(NCC(O)C(F)(F)F)c21. The van der Waals surface area contributed by atoms with Gasteiger partial charge in [-0.3, -0.25) is 4.21 Å². The monoisotopic (exact) mass is 315 g/mol. The van der Waals surface area contributed by atoms with Gasteiger partial charge in [0.05, 0.1) is 23.0 Å². The van der Waals surface area contributed by atoms with E-state index in [1.54, 1.807) is 0 Å². The number of aliphatic hydroxyl groups excluding tert-OH is 1. The smallest absolute Gasteiger partial charge is 0.382 e. The van der Waals surface area contributed by atoms with Gasteiger partial charge in [0.25, 0.3) is 0 Å². The minimum Gasteiger partial charge on any atom is -0.382 e. The van der Waals surface area contributed by atoms with Crippen LogP contribution in [0.4, 0.5) is 19.0 Å². The van der Waals surface area contributed by atoms with Gasteiger partial charge < -0.3 is 10.4 Å². The van der Waals surface area contributed by atoms with E-state index in [4.69, 9.17) is 16.7 Å². The fourth-order valence-corrected chi connectivity index (χ4v) is 3.11. The van der Waals surface area contributed by atoms with Crippen LogP contribution < -0.4 is 5.32 Å². The Morgan fingerprint density at radius 2 is 2.16 bits per heavy atom. The second-order valence-corrected chi connectivity index (χ2v) is 5.70. The van der Waals surface area contributed by atoms with E-state index in [1.807, 2.05) is 0 Å². The van der Waals surface area contributed by atoms with E-state index < -0.39 is 29.6 Å². The van der Waals surface area contributed by atoms with Crippen LogP contribution in [0.25, 0.3) is 0 Å². The number of hydrogen-bond acceptors (Lipinski definition) is 5. The quantitative estimate of drug-likeness (QED) is 0.818. The molecule has 0 aliphatic carbocycles. The lowest BCUT2D eigenvalue weighted by atomic mass is 10.3. The minimum atomic E-state index is -4.73. The summed E-state index contributed by atoms with van der Waals surface area (Å²) in [7, 11) is -1.36. The van der Waals surface area contributed by atoms with E-state index in [1.165, 1.54) is 0 Å². The third-order valence-electron chi connectivity index (χ3n) is 2.50. The summed E-state index contributed by atoms with van der Waals surface area (Å²) in [5, 5.41) is 11.1. The molecule has 0 bridgehead atoms. The van der Waals surface area contributed by atoms with E-state index in [0.29, 0.717) is 17.9 Å². The number of aryl methyl sites for hydroxylation is 1. The van der Waals surface area contributed by atoms with Gasteiger partial charge in [0.1, 0.15) is 10.7 Å². The molecule has 2 atom stereocenters. The maximum absolute atomic E-state index is 12.2. The molecule has 10 heteroatoms. The van der Waals surface area contributed by atoms with Gasteiger partial charge in [-0.25, -0.2) is 4.98 Å². The fourth-order valence-electron chi connectivity index (χ4n) is 1.60. The fraction of sp³-hybridized carbons (Fsp3) is 0.556. The van der Waals surface area contributed by atoms with Crippen molar-refractivity contribution < 1.29 is 22.5 Å². The summed E-state index contributed by atoms with van der Waals surface area (Å²) in [6.45, 7) is -0.791. The van der Waals surface area contributed by atoms with Crippen LogP contribution in [-0.4, -0.2) is 43.9 Å². The lowest BCUT2D eigenvalue weighted by Gasteiger charge is -2.16. The first-order valence-corrected chi connectivity index (χ1v) is 6.92. The normalized spacial score (nSPS) is 20.2. The Labute approximate surface area is 113 Å². The molecule has 2 rings (SSSR count). The highest BCUT2D eigenvalue weighted by Crippen LogP contribution is 2.29. The van der Waals surface area contributed by atoms with Crippen molar-refractivity contribution in [2.75, 3.05) is 17.6 Å². The van der Waals surface area contributed by atoms with E-state index in [9.17, 15) is 17.4 Å². The van der Waals surface area contributed by atoms with Crippen molar-refractivity contribution in [2.24, 2.45) is 0 Å². The maximum Gasteiger partial charge on any atom is 0.416 e. The Bertz CT molecular complexity index is 526. The molecule has 1 aliphatic rings. The second kappa shape index (κ2) is 5.22. The first-order valence-electron chi connectivity index (χ1n) is 5.22. The Hall–Kier alpha value is -0.930. The molecule has 5 nitrogen and oxygen atoms in total. The molecule has 106 valence electrons. The molecule has 1 aromatic heterocycles. The lowest BCUT2D eigenvalue weighted by Crippen LogP contribution is -2.35. The third-order valence-corrected chi connectivity index (χ3v) is 4.13. The molecule has 0 saturated carbocycles. The average Bonchev–Trinajstić information content (AvgIpc) is 2.66. The summed E-state index contributed by atoms with van der Waals surface area (Å²) in [6, 6.07) is 0. The van der Waals surface area contributed by atoms with Crippen molar-refractivity contribution in [3.63, 3.8) is 0 Å². The Morgan fingerprint density at radius 1 is 1.47 bits per heavy atom. The Kier molecular flexibility index (Phi) is 3.98. The van der Waals surface area contributed by atoms with E-state index in [-0.39, 0.29) is 16.0 Å². The van der Waals surface area contributed by atoms with Crippen molar-refractivity contribution in [1.29, 1.82) is 0 Å². The van der Waals surface area contributed by atoms with E-state index in [0.717, 1.165) is 0 Å². The number of halogens is 4. The van der Waals surface area contributed by atoms with Gasteiger partial charge >= 0.3 is 6.18 Å². The highest BCUT2D eigenvalue weighted by Gasteiger charge is 2.38. The van der Waals surface area contributed by atoms with Crippen LogP contribution in [0.2, 0.25) is 5.28 Å². The van der Waals surface area contributed by atoms with E-state index in [2.05, 4.69) is 15.3 Å². The zero-order chi connectivity index (χ0) is 14.2. The first kappa shape index (κ1) is 14.5. The summed E-state index contributed by atoms with van der Waals surface area (Å²) >= 11 is 5.64. The minimum absolute atomic E-state index is 0.0193. The number of aliphatic hydroxyl groups is 1. The molecule has 0 saturated heterocycles. The number of nitrogens with one attached hydrogen (secondary N) is 1. The zero-order valence-electron chi connectivity index (χ0n) is 9.37. The molecule has 0 amide bonds. The average molecular weight is 316 g/mol. The topological polar surface area (TPSA) is 75.1 Å². The maximum atomic E-state index is 12.2. The predicted octanol–water partition coefficient (Wildman–Crippen LogP) is 1.13. The molecule has 0 fully saturated rings. The summed E-state index contributed by atoms with van der Waals surface area (Å²) < 4.78 is 48.2. The van der Waals surface area contributed by atoms with Gasteiger partial charge in [0.2, 0.25) is 5.28 Å². The number of anilines is 1. The summed E-state index contributed by atoms with van der Waals surface area (Å²) in [6.07, 6.45) is -6.83. The van der Waals surface area contributed by atoms with Crippen molar-refractivity contribution in [3.05, 3.63) is 11.0 Å². The van der Waals surface area contributed by atoms with Gasteiger partial charge in [-0.05, 0) is 11.6 Å². The van der Waals surface area contributed by atoms with Crippen LogP contribution in [0, 0.1) is 0 Å². The number of fused-ring (bicyclic) bond motifs is 1. The third kappa shape index (κ3) is 3.15. The predicted molar refractivity (Wildman–Crippen MR) is 62.6 cm³/mol. The highest BCUT2D eigenvalue weighted by atomic mass is 35.5. The van der Waals surface area contributed by atoms with Crippen LogP contribution in [0.1, 0.15) is 5.69 Å². The first-order chi connectivity index (χ1) is 8.79. The van der Waals surface area contributed by atoms with Gasteiger partial charge in [-0.2, -0.15) is 18.2 Å². The lowest BCUT2D eigenvalue weighted by molar-refractivity contribution is -0.198. The summed E-state index contributed by atoms with van der Waals surface area (Å²) in [4.78, 5) is 7.86. The number of rotatable bonds is 3. The molecule has 0 aromatic carbocycles. The molecule has 1 unspecified atom stereocenters. The molecule has 2 heterocycles. The van der Waals surface area contributed by atoms with Gasteiger partial charge in [0.15, 0.2) is 6.10 Å². The molecule has 2 N–H and O–H groups in total. The molecule has 19 heavy (non-hydrogen) atoms. The summed E-state index contributed by atoms with van der Waals surface area (Å²) in [5.41, 5.74) is 0.460. The number of nitrogens with zero attached hydrogens (tertiary/aromatic N) is 2. The van der Waals surface area contributed by atoms with Crippen molar-refractivity contribution in [2.45, 2.75) is 23.6 Å². The largest absolute Gasteiger partial charge is 0.416 e. The Morgan fingerprint density at radius 3 is 2.79 bits per heavy atom. The standard InChI is InChI=1S/C9H9ClF3N3O2S/c10-8-15-4-1-2-19(18)6(4)7(16-8)14-3-5(17)9(11,12)13/h5,17H,1-3H2,(H,14,15,16)/t5?,19-/m0/s1. The zero-order valence-corrected chi connectivity index (χ0v) is 10.9. The molecular weight excluding hydrogens is 307 g/mol. The van der Waals surface area contributed by atoms with Gasteiger partial charge in [-0.15, -0.1) is 0 Å². The number of aromatic nitrogens is 2. The summed E-state index contributed by atoms with van der Waals surface area (Å²) in [5.74, 6) is 0.315. The molecule has 1 aromatic rings. The second-order valence-electron chi connectivity index (χ2n) is 3.86. The highest BCUT2D eigenvalue weighted by molar-refractivity contribution is 7.85. The molecule has 0 radical (unpaired) electrons. The van der Waals surface area contributed by atoms with Gasteiger partial charge in [0, 0.05) is 12.2 Å². The van der Waals surface area contributed by atoms with Crippen molar-refractivity contribution >= 4 is 28.2 Å². The van der Waals surface area contributed by atoms with Crippen molar-refractivity contribution in [1.82, 2.24) is 9.97 Å². The van der Waals surface area contributed by atoms with Crippen LogP contribution in [0.5, 0.6) is 0 Å². The Balaban J connectivity index is 2.20. The molecule has 0 spiro atoms. The van der Waals surface area contributed by atoms with Crippen LogP contribution in [0.15, 0.2) is 4.90 Å². The van der Waals surface area contributed by atoms with Crippen LogP contribution in [0.3, 0.4) is 0 Å². The number of hydrogen-bond donors (Lipinski definition) is 2. The molecule has 1 aliphatic heterocycles.